The molecule has 0 spiro atoms. The van der Waals surface area contributed by atoms with Gasteiger partial charge in [0.05, 0.1) is 13.7 Å². The Kier molecular flexibility index (Phi) is 7.71. The SMILES string of the molecule is COC(=O)CC[C@@H](NC(=O)NCC(=O)N(C)C)C(=O)O. The summed E-state index contributed by atoms with van der Waals surface area (Å²) in [6, 6.07) is -2.03. The molecule has 0 aliphatic heterocycles. The number of carboxylic acid groups (broad SMARTS) is 1. The van der Waals surface area contributed by atoms with E-state index in [1.807, 2.05) is 0 Å². The predicted molar refractivity (Wildman–Crippen MR) is 67.9 cm³/mol. The van der Waals surface area contributed by atoms with E-state index in [9.17, 15) is 19.2 Å². The van der Waals surface area contributed by atoms with Gasteiger partial charge in [-0.25, -0.2) is 9.59 Å². The largest absolute Gasteiger partial charge is 0.480 e. The standard InChI is InChI=1S/C11H19N3O6/c1-14(2)8(15)6-12-11(19)13-7(10(17)18)4-5-9(16)20-3/h7H,4-6H2,1-3H3,(H,17,18)(H2,12,13,19)/t7-/m1/s1. The monoisotopic (exact) mass is 289 g/mol. The number of hydrogen-bond acceptors (Lipinski definition) is 5. The molecule has 0 unspecified atom stereocenters. The third kappa shape index (κ3) is 7.19. The topological polar surface area (TPSA) is 125 Å². The Hall–Kier alpha value is -2.32. The number of ether oxygens (including phenoxy) is 1. The maximum Gasteiger partial charge on any atom is 0.326 e. The van der Waals surface area contributed by atoms with Crippen molar-refractivity contribution in [2.75, 3.05) is 27.7 Å². The van der Waals surface area contributed by atoms with Crippen LogP contribution in [0.4, 0.5) is 4.79 Å². The molecule has 0 bridgehead atoms. The fraction of sp³-hybridized carbons (Fsp3) is 0.636. The van der Waals surface area contributed by atoms with Gasteiger partial charge in [-0.05, 0) is 6.42 Å². The molecule has 1 atom stereocenters. The van der Waals surface area contributed by atoms with Crippen molar-refractivity contribution >= 4 is 23.9 Å². The van der Waals surface area contributed by atoms with Crippen LogP contribution in [0.25, 0.3) is 0 Å². The molecule has 0 fully saturated rings. The molecule has 0 heterocycles. The normalized spacial score (nSPS) is 11.2. The van der Waals surface area contributed by atoms with Crippen molar-refractivity contribution < 1.29 is 29.0 Å². The number of rotatable bonds is 7. The Balaban J connectivity index is 4.24. The number of carbonyl (C=O) groups is 4. The minimum Gasteiger partial charge on any atom is -0.480 e. The van der Waals surface area contributed by atoms with Crippen LogP contribution in [0.2, 0.25) is 0 Å². The summed E-state index contributed by atoms with van der Waals surface area (Å²) in [5, 5.41) is 13.3. The number of aliphatic carboxylic acids is 1. The van der Waals surface area contributed by atoms with Gasteiger partial charge in [-0.3, -0.25) is 9.59 Å². The Morgan fingerprint density at radius 2 is 1.85 bits per heavy atom. The second-order valence-corrected chi connectivity index (χ2v) is 4.12. The third-order valence-corrected chi connectivity index (χ3v) is 2.37. The molecule has 114 valence electrons. The molecule has 3 amide bonds. The second-order valence-electron chi connectivity index (χ2n) is 4.12. The van der Waals surface area contributed by atoms with Crippen LogP contribution in [0.3, 0.4) is 0 Å². The minimum absolute atomic E-state index is 0.100. The molecule has 3 N–H and O–H groups in total. The molecule has 0 rings (SSSR count). The second kappa shape index (κ2) is 8.73. The van der Waals surface area contributed by atoms with Crippen molar-refractivity contribution in [3.05, 3.63) is 0 Å². The van der Waals surface area contributed by atoms with Crippen LogP contribution < -0.4 is 10.6 Å². The van der Waals surface area contributed by atoms with E-state index in [0.29, 0.717) is 0 Å². The predicted octanol–water partition coefficient (Wildman–Crippen LogP) is -1.22. The molecular formula is C11H19N3O6. The summed E-state index contributed by atoms with van der Waals surface area (Å²) in [6.45, 7) is -0.248. The lowest BCUT2D eigenvalue weighted by atomic mass is 10.1. The van der Waals surface area contributed by atoms with Gasteiger partial charge in [-0.15, -0.1) is 0 Å². The Labute approximate surface area is 116 Å². The molecule has 0 aromatic carbocycles. The van der Waals surface area contributed by atoms with E-state index in [2.05, 4.69) is 15.4 Å². The van der Waals surface area contributed by atoms with Crippen LogP contribution in [0.5, 0.6) is 0 Å². The highest BCUT2D eigenvalue weighted by atomic mass is 16.5. The van der Waals surface area contributed by atoms with Gasteiger partial charge < -0.3 is 25.4 Å². The van der Waals surface area contributed by atoms with Crippen LogP contribution in [0, 0.1) is 0 Å². The average Bonchev–Trinajstić information content (AvgIpc) is 2.39. The lowest BCUT2D eigenvalue weighted by Gasteiger charge is -2.15. The first-order valence-electron chi connectivity index (χ1n) is 5.82. The van der Waals surface area contributed by atoms with Crippen molar-refractivity contribution in [3.63, 3.8) is 0 Å². The molecule has 9 nitrogen and oxygen atoms in total. The van der Waals surface area contributed by atoms with Gasteiger partial charge >= 0.3 is 18.0 Å². The average molecular weight is 289 g/mol. The molecule has 0 aliphatic carbocycles. The number of amides is 3. The van der Waals surface area contributed by atoms with E-state index >= 15 is 0 Å². The minimum atomic E-state index is -1.28. The lowest BCUT2D eigenvalue weighted by molar-refractivity contribution is -0.142. The maximum atomic E-state index is 11.4. The first kappa shape index (κ1) is 17.7. The Bertz CT molecular complexity index is 382. The van der Waals surface area contributed by atoms with E-state index in [0.717, 1.165) is 0 Å². The Morgan fingerprint density at radius 3 is 2.30 bits per heavy atom. The van der Waals surface area contributed by atoms with Gasteiger partial charge in [-0.2, -0.15) is 0 Å². The number of hydrogen-bond donors (Lipinski definition) is 3. The summed E-state index contributed by atoms with van der Waals surface area (Å²) in [7, 11) is 4.24. The van der Waals surface area contributed by atoms with Gasteiger partial charge in [0.2, 0.25) is 5.91 Å². The molecule has 0 saturated heterocycles. The van der Waals surface area contributed by atoms with Crippen LogP contribution in [0.15, 0.2) is 0 Å². The fourth-order valence-corrected chi connectivity index (χ4v) is 1.14. The number of urea groups is 1. The van der Waals surface area contributed by atoms with Crippen molar-refractivity contribution in [2.24, 2.45) is 0 Å². The van der Waals surface area contributed by atoms with Crippen LogP contribution in [-0.4, -0.2) is 67.7 Å². The molecule has 0 saturated carbocycles. The van der Waals surface area contributed by atoms with Gasteiger partial charge in [0.25, 0.3) is 0 Å². The first-order valence-corrected chi connectivity index (χ1v) is 5.82. The van der Waals surface area contributed by atoms with Gasteiger partial charge in [0, 0.05) is 20.5 Å². The lowest BCUT2D eigenvalue weighted by Crippen LogP contribution is -2.48. The number of nitrogens with one attached hydrogen (secondary N) is 2. The number of methoxy groups -OCH3 is 1. The zero-order valence-electron chi connectivity index (χ0n) is 11.6. The van der Waals surface area contributed by atoms with Crippen LogP contribution in [-0.2, 0) is 19.1 Å². The molecule has 0 aliphatic rings. The number of likely N-dealkylation sites (N-methyl/N-ethyl adjacent to an activating group) is 1. The van der Waals surface area contributed by atoms with Crippen molar-refractivity contribution in [3.8, 4) is 0 Å². The van der Waals surface area contributed by atoms with E-state index < -0.39 is 24.0 Å². The zero-order chi connectivity index (χ0) is 15.7. The van der Waals surface area contributed by atoms with E-state index in [1.54, 1.807) is 0 Å². The highest BCUT2D eigenvalue weighted by Gasteiger charge is 2.21. The highest BCUT2D eigenvalue weighted by Crippen LogP contribution is 1.99. The molecule has 0 aromatic heterocycles. The maximum absolute atomic E-state index is 11.4. The molecule has 9 heteroatoms. The van der Waals surface area contributed by atoms with Crippen molar-refractivity contribution in [1.82, 2.24) is 15.5 Å². The third-order valence-electron chi connectivity index (χ3n) is 2.37. The smallest absolute Gasteiger partial charge is 0.326 e. The van der Waals surface area contributed by atoms with Gasteiger partial charge in [0.15, 0.2) is 0 Å². The van der Waals surface area contributed by atoms with Crippen LogP contribution >= 0.6 is 0 Å². The number of carbonyl (C=O) groups excluding carboxylic acids is 3. The summed E-state index contributed by atoms with van der Waals surface area (Å²) < 4.78 is 4.38. The summed E-state index contributed by atoms with van der Waals surface area (Å²) in [6.07, 6.45) is -0.235. The van der Waals surface area contributed by atoms with Crippen molar-refractivity contribution in [1.29, 1.82) is 0 Å². The van der Waals surface area contributed by atoms with E-state index in [1.165, 1.54) is 26.1 Å². The first-order chi connectivity index (χ1) is 9.27. The quantitative estimate of drug-likeness (QED) is 0.504. The van der Waals surface area contributed by atoms with Crippen LogP contribution in [0.1, 0.15) is 12.8 Å². The number of carboxylic acids is 1. The van der Waals surface area contributed by atoms with Crippen molar-refractivity contribution in [2.45, 2.75) is 18.9 Å². The van der Waals surface area contributed by atoms with E-state index in [-0.39, 0.29) is 25.3 Å². The molecular weight excluding hydrogens is 270 g/mol. The molecule has 20 heavy (non-hydrogen) atoms. The number of esters is 1. The zero-order valence-corrected chi connectivity index (χ0v) is 11.6. The summed E-state index contributed by atoms with van der Waals surface area (Å²) in [5.74, 6) is -2.18. The van der Waals surface area contributed by atoms with Gasteiger partial charge in [0.1, 0.15) is 6.04 Å². The summed E-state index contributed by atoms with van der Waals surface area (Å²) >= 11 is 0. The Morgan fingerprint density at radius 1 is 1.25 bits per heavy atom. The molecule has 0 aromatic rings. The summed E-state index contributed by atoms with van der Waals surface area (Å²) in [5.41, 5.74) is 0. The highest BCUT2D eigenvalue weighted by molar-refractivity contribution is 5.86. The van der Waals surface area contributed by atoms with E-state index in [4.69, 9.17) is 5.11 Å². The fourth-order valence-electron chi connectivity index (χ4n) is 1.14. The molecule has 0 radical (unpaired) electrons. The van der Waals surface area contributed by atoms with Gasteiger partial charge in [-0.1, -0.05) is 0 Å². The number of nitrogens with zero attached hydrogens (tertiary/aromatic N) is 1. The summed E-state index contributed by atoms with van der Waals surface area (Å²) in [4.78, 5) is 45.8.